The van der Waals surface area contributed by atoms with Gasteiger partial charge in [0.05, 0.1) is 6.26 Å². The third-order valence-corrected chi connectivity index (χ3v) is 3.09. The molecule has 0 spiro atoms. The second-order valence-electron chi connectivity index (χ2n) is 4.46. The zero-order valence-electron chi connectivity index (χ0n) is 10.5. The van der Waals surface area contributed by atoms with Crippen LogP contribution in [0.5, 0.6) is 0 Å². The van der Waals surface area contributed by atoms with E-state index in [4.69, 9.17) is 10.2 Å². The minimum Gasteiger partial charge on any atom is -0.463 e. The first-order valence-corrected chi connectivity index (χ1v) is 6.35. The highest BCUT2D eigenvalue weighted by Gasteiger charge is 2.04. The molecular weight excluding hydrogens is 238 g/mol. The second-order valence-corrected chi connectivity index (χ2v) is 4.46. The van der Waals surface area contributed by atoms with E-state index in [0.29, 0.717) is 6.54 Å². The standard InChI is InChI=1S/C15H15N3O/c16-5-1-2-13-8-11(3-6-17-13)12-9-15-14(18-10-12)4-7-19-15/h3-4,6-10H,1-2,5,16H2. The molecule has 2 N–H and O–H groups in total. The average molecular weight is 253 g/mol. The van der Waals surface area contributed by atoms with Gasteiger partial charge in [0.2, 0.25) is 0 Å². The van der Waals surface area contributed by atoms with Crippen LogP contribution in [0.25, 0.3) is 22.2 Å². The Morgan fingerprint density at radius 1 is 1.11 bits per heavy atom. The summed E-state index contributed by atoms with van der Waals surface area (Å²) in [6.07, 6.45) is 7.20. The Balaban J connectivity index is 1.95. The number of nitrogens with zero attached hydrogens (tertiary/aromatic N) is 2. The van der Waals surface area contributed by atoms with Crippen molar-refractivity contribution in [2.24, 2.45) is 5.73 Å². The predicted octanol–water partition coefficient (Wildman–Crippen LogP) is 2.78. The molecule has 0 amide bonds. The quantitative estimate of drug-likeness (QED) is 0.776. The molecule has 3 heterocycles. The first kappa shape index (κ1) is 11.9. The number of hydrogen-bond donors (Lipinski definition) is 1. The number of nitrogens with two attached hydrogens (primary N) is 1. The van der Waals surface area contributed by atoms with E-state index in [2.05, 4.69) is 16.0 Å². The molecule has 0 fully saturated rings. The zero-order valence-corrected chi connectivity index (χ0v) is 10.5. The molecule has 0 saturated heterocycles. The van der Waals surface area contributed by atoms with Gasteiger partial charge in [-0.25, -0.2) is 0 Å². The minimum absolute atomic E-state index is 0.686. The van der Waals surface area contributed by atoms with E-state index < -0.39 is 0 Å². The van der Waals surface area contributed by atoms with E-state index in [1.54, 1.807) is 6.26 Å². The summed E-state index contributed by atoms with van der Waals surface area (Å²) in [7, 11) is 0. The summed E-state index contributed by atoms with van der Waals surface area (Å²) in [4.78, 5) is 8.73. The van der Waals surface area contributed by atoms with E-state index in [1.807, 2.05) is 30.6 Å². The maximum Gasteiger partial charge on any atom is 0.152 e. The molecule has 4 heteroatoms. The molecule has 3 aromatic heterocycles. The van der Waals surface area contributed by atoms with Crippen molar-refractivity contribution in [3.8, 4) is 11.1 Å². The summed E-state index contributed by atoms with van der Waals surface area (Å²) in [6, 6.07) is 7.93. The Bertz CT molecular complexity index is 690. The first-order valence-electron chi connectivity index (χ1n) is 6.35. The van der Waals surface area contributed by atoms with E-state index >= 15 is 0 Å². The van der Waals surface area contributed by atoms with E-state index in [-0.39, 0.29) is 0 Å². The van der Waals surface area contributed by atoms with E-state index in [0.717, 1.165) is 40.8 Å². The number of aromatic nitrogens is 2. The van der Waals surface area contributed by atoms with Crippen molar-refractivity contribution < 1.29 is 4.42 Å². The van der Waals surface area contributed by atoms with Gasteiger partial charge >= 0.3 is 0 Å². The predicted molar refractivity (Wildman–Crippen MR) is 74.6 cm³/mol. The monoisotopic (exact) mass is 253 g/mol. The lowest BCUT2D eigenvalue weighted by molar-refractivity contribution is 0.615. The molecule has 0 aliphatic heterocycles. The molecular formula is C15H15N3O. The summed E-state index contributed by atoms with van der Waals surface area (Å²) in [5, 5.41) is 0. The number of aryl methyl sites for hydroxylation is 1. The molecule has 96 valence electrons. The van der Waals surface area contributed by atoms with Gasteiger partial charge in [-0.15, -0.1) is 0 Å². The van der Waals surface area contributed by atoms with Gasteiger partial charge in [-0.3, -0.25) is 9.97 Å². The maximum atomic E-state index is 5.53. The lowest BCUT2D eigenvalue weighted by atomic mass is 10.1. The molecule has 0 aliphatic carbocycles. The molecule has 0 saturated carbocycles. The van der Waals surface area contributed by atoms with Crippen LogP contribution in [-0.2, 0) is 6.42 Å². The summed E-state index contributed by atoms with van der Waals surface area (Å²) in [5.41, 5.74) is 10.4. The summed E-state index contributed by atoms with van der Waals surface area (Å²) < 4.78 is 5.38. The van der Waals surface area contributed by atoms with Crippen LogP contribution in [0, 0.1) is 0 Å². The highest BCUT2D eigenvalue weighted by atomic mass is 16.3. The van der Waals surface area contributed by atoms with Gasteiger partial charge in [-0.2, -0.15) is 0 Å². The molecule has 3 aromatic rings. The smallest absolute Gasteiger partial charge is 0.152 e. The van der Waals surface area contributed by atoms with Gasteiger partial charge in [0.25, 0.3) is 0 Å². The molecule has 0 unspecified atom stereocenters. The Kier molecular flexibility index (Phi) is 3.25. The van der Waals surface area contributed by atoms with Crippen LogP contribution in [0.2, 0.25) is 0 Å². The van der Waals surface area contributed by atoms with Gasteiger partial charge < -0.3 is 10.2 Å². The molecule has 0 bridgehead atoms. The largest absolute Gasteiger partial charge is 0.463 e. The summed E-state index contributed by atoms with van der Waals surface area (Å²) >= 11 is 0. The normalized spacial score (nSPS) is 11.0. The molecule has 0 radical (unpaired) electrons. The Hall–Kier alpha value is -2.20. The number of pyridine rings is 2. The second kappa shape index (κ2) is 5.20. The van der Waals surface area contributed by atoms with Crippen LogP contribution in [-0.4, -0.2) is 16.5 Å². The molecule has 0 aliphatic rings. The van der Waals surface area contributed by atoms with Crippen LogP contribution in [0.15, 0.2) is 47.3 Å². The number of fused-ring (bicyclic) bond motifs is 1. The third-order valence-electron chi connectivity index (χ3n) is 3.09. The van der Waals surface area contributed by atoms with Crippen LogP contribution in [0.1, 0.15) is 12.1 Å². The lowest BCUT2D eigenvalue weighted by Crippen LogP contribution is -2.01. The molecule has 0 aromatic carbocycles. The molecule has 19 heavy (non-hydrogen) atoms. The SMILES string of the molecule is NCCCc1cc(-c2cnc3ccoc3c2)ccn1. The van der Waals surface area contributed by atoms with E-state index in [1.165, 1.54) is 0 Å². The Morgan fingerprint density at radius 3 is 2.95 bits per heavy atom. The Morgan fingerprint density at radius 2 is 2.05 bits per heavy atom. The van der Waals surface area contributed by atoms with Crippen molar-refractivity contribution in [3.63, 3.8) is 0 Å². The van der Waals surface area contributed by atoms with Crippen LogP contribution < -0.4 is 5.73 Å². The van der Waals surface area contributed by atoms with Gasteiger partial charge in [-0.05, 0) is 43.1 Å². The zero-order chi connectivity index (χ0) is 13.1. The first-order chi connectivity index (χ1) is 9.36. The molecule has 0 atom stereocenters. The number of hydrogen-bond acceptors (Lipinski definition) is 4. The van der Waals surface area contributed by atoms with Crippen molar-refractivity contribution in [1.29, 1.82) is 0 Å². The van der Waals surface area contributed by atoms with Crippen LogP contribution >= 0.6 is 0 Å². The Labute approximate surface area is 111 Å². The van der Waals surface area contributed by atoms with Gasteiger partial charge in [-0.1, -0.05) is 0 Å². The van der Waals surface area contributed by atoms with Crippen molar-refractivity contribution >= 4 is 11.1 Å². The summed E-state index contributed by atoms with van der Waals surface area (Å²) in [5.74, 6) is 0. The van der Waals surface area contributed by atoms with Gasteiger partial charge in [0.15, 0.2) is 5.58 Å². The molecule has 4 nitrogen and oxygen atoms in total. The van der Waals surface area contributed by atoms with E-state index in [9.17, 15) is 0 Å². The maximum absolute atomic E-state index is 5.53. The molecule has 3 rings (SSSR count). The summed E-state index contributed by atoms with van der Waals surface area (Å²) in [6.45, 7) is 0.686. The fourth-order valence-corrected chi connectivity index (χ4v) is 2.08. The average Bonchev–Trinajstić information content (AvgIpc) is 2.92. The van der Waals surface area contributed by atoms with Crippen LogP contribution in [0.3, 0.4) is 0 Å². The number of rotatable bonds is 4. The number of furan rings is 1. The fourth-order valence-electron chi connectivity index (χ4n) is 2.08. The van der Waals surface area contributed by atoms with Crippen molar-refractivity contribution in [3.05, 3.63) is 48.6 Å². The van der Waals surface area contributed by atoms with Gasteiger partial charge in [0, 0.05) is 29.7 Å². The lowest BCUT2D eigenvalue weighted by Gasteiger charge is -2.04. The van der Waals surface area contributed by atoms with Gasteiger partial charge in [0.1, 0.15) is 5.52 Å². The van der Waals surface area contributed by atoms with Crippen LogP contribution in [0.4, 0.5) is 0 Å². The van der Waals surface area contributed by atoms with Crippen molar-refractivity contribution in [1.82, 2.24) is 9.97 Å². The van der Waals surface area contributed by atoms with Crippen molar-refractivity contribution in [2.45, 2.75) is 12.8 Å². The fraction of sp³-hybridized carbons (Fsp3) is 0.200. The topological polar surface area (TPSA) is 64.9 Å². The minimum atomic E-state index is 0.686. The van der Waals surface area contributed by atoms with Crippen molar-refractivity contribution in [2.75, 3.05) is 6.54 Å². The highest BCUT2D eigenvalue weighted by Crippen LogP contribution is 2.23. The third kappa shape index (κ3) is 2.48. The highest BCUT2D eigenvalue weighted by molar-refractivity contribution is 5.78.